The zero-order chi connectivity index (χ0) is 31.1. The van der Waals surface area contributed by atoms with Crippen molar-refractivity contribution < 1.29 is 19.1 Å². The lowest BCUT2D eigenvalue weighted by molar-refractivity contribution is 0.0275. The molecule has 0 spiro atoms. The molecule has 4 unspecified atom stereocenters. The van der Waals surface area contributed by atoms with E-state index in [0.29, 0.717) is 81.1 Å². The molecular formula is C31H36Cl4N4O4. The SMILES string of the molecule is CC(C)(C)OC(=O)N1CC2CN(C(=O)c3ccc(Cl)c(Cl)c3)CC2C1.O=C(c1ccc(Cl)c(Cl)c1)N1CC2CNCC2C1. The molecule has 232 valence electrons. The Bertz CT molecular complexity index is 1370. The minimum Gasteiger partial charge on any atom is -0.444 e. The van der Waals surface area contributed by atoms with E-state index in [4.69, 9.17) is 51.1 Å². The fraction of sp³-hybridized carbons (Fsp3) is 0.516. The predicted octanol–water partition coefficient (Wildman–Crippen LogP) is 6.22. The molecule has 0 saturated carbocycles. The first-order chi connectivity index (χ1) is 20.3. The lowest BCUT2D eigenvalue weighted by Gasteiger charge is -2.26. The quantitative estimate of drug-likeness (QED) is 0.411. The van der Waals surface area contributed by atoms with Gasteiger partial charge in [0, 0.05) is 75.3 Å². The van der Waals surface area contributed by atoms with Crippen LogP contribution in [0.5, 0.6) is 0 Å². The van der Waals surface area contributed by atoms with Crippen LogP contribution in [0.3, 0.4) is 0 Å². The number of nitrogens with one attached hydrogen (secondary N) is 1. The van der Waals surface area contributed by atoms with Crippen molar-refractivity contribution in [2.45, 2.75) is 26.4 Å². The second-order valence-corrected chi connectivity index (χ2v) is 14.4. The molecule has 0 bridgehead atoms. The van der Waals surface area contributed by atoms with Gasteiger partial charge >= 0.3 is 6.09 Å². The number of fused-ring (bicyclic) bond motifs is 2. The van der Waals surface area contributed by atoms with E-state index in [1.165, 1.54) is 0 Å². The number of hydrogen-bond acceptors (Lipinski definition) is 5. The van der Waals surface area contributed by atoms with E-state index in [-0.39, 0.29) is 17.9 Å². The van der Waals surface area contributed by atoms with E-state index >= 15 is 0 Å². The van der Waals surface area contributed by atoms with Crippen molar-refractivity contribution in [3.63, 3.8) is 0 Å². The molecule has 43 heavy (non-hydrogen) atoms. The van der Waals surface area contributed by atoms with E-state index in [9.17, 15) is 14.4 Å². The summed E-state index contributed by atoms with van der Waals surface area (Å²) in [6, 6.07) is 10.0. The standard InChI is InChI=1S/C18H22Cl2N2O3.C13H14Cl2N2O/c1-18(2,3)25-17(24)22-9-12-7-21(8-13(12)10-22)16(23)11-4-5-14(19)15(20)6-11;14-11-2-1-8(3-12(11)15)13(18)17-6-9-4-16-5-10(9)7-17/h4-6,12-13H,7-10H2,1-3H3;1-3,9-10,16H,4-7H2. The third-order valence-electron chi connectivity index (χ3n) is 8.43. The zero-order valence-electron chi connectivity index (χ0n) is 24.4. The van der Waals surface area contributed by atoms with Gasteiger partial charge in [0.2, 0.25) is 0 Å². The third-order valence-corrected chi connectivity index (χ3v) is 9.91. The molecule has 2 aromatic rings. The number of halogens is 4. The minimum absolute atomic E-state index is 0.0446. The fourth-order valence-electron chi connectivity index (χ4n) is 6.28. The molecule has 4 heterocycles. The lowest BCUT2D eigenvalue weighted by atomic mass is 10.0. The predicted molar refractivity (Wildman–Crippen MR) is 169 cm³/mol. The summed E-state index contributed by atoms with van der Waals surface area (Å²) in [5.41, 5.74) is 0.667. The van der Waals surface area contributed by atoms with Gasteiger partial charge in [-0.05, 0) is 69.0 Å². The fourth-order valence-corrected chi connectivity index (χ4v) is 6.88. The first kappa shape index (κ1) is 32.2. The molecule has 4 aliphatic heterocycles. The Hall–Kier alpha value is -2.23. The Morgan fingerprint density at radius 1 is 0.651 bits per heavy atom. The Labute approximate surface area is 272 Å². The van der Waals surface area contributed by atoms with Crippen molar-refractivity contribution >= 4 is 64.3 Å². The summed E-state index contributed by atoms with van der Waals surface area (Å²) in [7, 11) is 0. The van der Waals surface area contributed by atoms with E-state index in [2.05, 4.69) is 5.32 Å². The van der Waals surface area contributed by atoms with Crippen LogP contribution in [0, 0.1) is 23.7 Å². The van der Waals surface area contributed by atoms with Gasteiger partial charge in [-0.15, -0.1) is 0 Å². The molecule has 4 atom stereocenters. The monoisotopic (exact) mass is 668 g/mol. The topological polar surface area (TPSA) is 82.2 Å². The van der Waals surface area contributed by atoms with Crippen molar-refractivity contribution in [3.05, 3.63) is 67.6 Å². The number of carbonyl (C=O) groups excluding carboxylic acids is 3. The first-order valence-corrected chi connectivity index (χ1v) is 16.0. The average molecular weight is 670 g/mol. The van der Waals surface area contributed by atoms with Crippen LogP contribution in [0.1, 0.15) is 41.5 Å². The van der Waals surface area contributed by atoms with Crippen molar-refractivity contribution in [3.8, 4) is 0 Å². The van der Waals surface area contributed by atoms with Crippen LogP contribution in [0.2, 0.25) is 20.1 Å². The first-order valence-electron chi connectivity index (χ1n) is 14.5. The largest absolute Gasteiger partial charge is 0.444 e. The Morgan fingerprint density at radius 2 is 1.05 bits per heavy atom. The molecule has 4 aliphatic rings. The molecule has 12 heteroatoms. The van der Waals surface area contributed by atoms with Crippen molar-refractivity contribution in [1.29, 1.82) is 0 Å². The number of benzene rings is 2. The Balaban J connectivity index is 0.000000180. The van der Waals surface area contributed by atoms with Crippen LogP contribution in [0.4, 0.5) is 4.79 Å². The van der Waals surface area contributed by atoms with Gasteiger partial charge < -0.3 is 24.8 Å². The van der Waals surface area contributed by atoms with Gasteiger partial charge in [-0.1, -0.05) is 46.4 Å². The van der Waals surface area contributed by atoms with Gasteiger partial charge in [0.1, 0.15) is 5.60 Å². The summed E-state index contributed by atoms with van der Waals surface area (Å²) in [5.74, 6) is 1.81. The molecule has 1 N–H and O–H groups in total. The lowest BCUT2D eigenvalue weighted by Crippen LogP contribution is -2.38. The molecule has 2 aromatic carbocycles. The molecule has 6 rings (SSSR count). The molecule has 3 amide bonds. The van der Waals surface area contributed by atoms with Crippen LogP contribution in [0.25, 0.3) is 0 Å². The van der Waals surface area contributed by atoms with E-state index < -0.39 is 5.60 Å². The number of carbonyl (C=O) groups is 3. The maximum absolute atomic E-state index is 12.7. The van der Waals surface area contributed by atoms with Crippen LogP contribution in [-0.2, 0) is 4.74 Å². The molecular weight excluding hydrogens is 634 g/mol. The smallest absolute Gasteiger partial charge is 0.410 e. The van der Waals surface area contributed by atoms with Gasteiger partial charge in [-0.25, -0.2) is 4.79 Å². The minimum atomic E-state index is -0.495. The molecule has 4 saturated heterocycles. The summed E-state index contributed by atoms with van der Waals surface area (Å²) in [6.45, 7) is 11.9. The second kappa shape index (κ2) is 13.0. The van der Waals surface area contributed by atoms with Gasteiger partial charge in [0.05, 0.1) is 20.1 Å². The summed E-state index contributed by atoms with van der Waals surface area (Å²) in [6.07, 6.45) is -0.274. The summed E-state index contributed by atoms with van der Waals surface area (Å²) < 4.78 is 5.43. The van der Waals surface area contributed by atoms with Crippen molar-refractivity contribution in [1.82, 2.24) is 20.0 Å². The number of nitrogens with zero attached hydrogens (tertiary/aromatic N) is 3. The number of ether oxygens (including phenoxy) is 1. The summed E-state index contributed by atoms with van der Waals surface area (Å²) >= 11 is 23.7. The zero-order valence-corrected chi connectivity index (χ0v) is 27.4. The number of likely N-dealkylation sites (tertiary alicyclic amines) is 3. The highest BCUT2D eigenvalue weighted by Gasteiger charge is 2.44. The molecule has 0 aliphatic carbocycles. The highest BCUT2D eigenvalue weighted by molar-refractivity contribution is 6.42. The number of rotatable bonds is 2. The van der Waals surface area contributed by atoms with Crippen molar-refractivity contribution in [2.24, 2.45) is 23.7 Å². The number of amides is 3. The van der Waals surface area contributed by atoms with Crippen LogP contribution < -0.4 is 5.32 Å². The van der Waals surface area contributed by atoms with Crippen LogP contribution >= 0.6 is 46.4 Å². The normalized spacial score (nSPS) is 24.4. The molecule has 0 radical (unpaired) electrons. The van der Waals surface area contributed by atoms with E-state index in [0.717, 1.165) is 26.2 Å². The van der Waals surface area contributed by atoms with Gasteiger partial charge in [-0.3, -0.25) is 9.59 Å². The third kappa shape index (κ3) is 7.54. The Morgan fingerprint density at radius 3 is 1.44 bits per heavy atom. The van der Waals surface area contributed by atoms with Crippen LogP contribution in [-0.4, -0.2) is 90.6 Å². The van der Waals surface area contributed by atoms with Crippen molar-refractivity contribution in [2.75, 3.05) is 52.4 Å². The Kier molecular flexibility index (Phi) is 9.74. The second-order valence-electron chi connectivity index (χ2n) is 12.8. The molecule has 4 fully saturated rings. The highest BCUT2D eigenvalue weighted by atomic mass is 35.5. The highest BCUT2D eigenvalue weighted by Crippen LogP contribution is 2.34. The average Bonchev–Trinajstić information content (AvgIpc) is 3.71. The van der Waals surface area contributed by atoms with Crippen LogP contribution in [0.15, 0.2) is 36.4 Å². The summed E-state index contributed by atoms with van der Waals surface area (Å²) in [4.78, 5) is 42.7. The van der Waals surface area contributed by atoms with E-state index in [1.54, 1.807) is 41.3 Å². The maximum Gasteiger partial charge on any atom is 0.410 e. The molecule has 8 nitrogen and oxygen atoms in total. The van der Waals surface area contributed by atoms with Gasteiger partial charge in [-0.2, -0.15) is 0 Å². The molecule has 0 aromatic heterocycles. The maximum atomic E-state index is 12.7. The van der Waals surface area contributed by atoms with Gasteiger partial charge in [0.25, 0.3) is 11.8 Å². The number of hydrogen-bond donors (Lipinski definition) is 1. The van der Waals surface area contributed by atoms with Gasteiger partial charge in [0.15, 0.2) is 0 Å². The summed E-state index contributed by atoms with van der Waals surface area (Å²) in [5, 5.41) is 5.09. The van der Waals surface area contributed by atoms with E-state index in [1.807, 2.05) is 30.6 Å².